The van der Waals surface area contributed by atoms with Crippen molar-refractivity contribution in [1.82, 2.24) is 15.2 Å². The summed E-state index contributed by atoms with van der Waals surface area (Å²) >= 11 is 0. The van der Waals surface area contributed by atoms with Gasteiger partial charge in [-0.05, 0) is 11.6 Å². The Morgan fingerprint density at radius 2 is 1.34 bits per heavy atom. The van der Waals surface area contributed by atoms with Gasteiger partial charge in [-0.3, -0.25) is 0 Å². The van der Waals surface area contributed by atoms with E-state index < -0.39 is 5.97 Å². The Morgan fingerprint density at radius 3 is 1.94 bits per heavy atom. The Kier molecular flexibility index (Phi) is 6.38. The summed E-state index contributed by atoms with van der Waals surface area (Å²) in [7, 11) is 0. The molecule has 7 nitrogen and oxygen atoms in total. The van der Waals surface area contributed by atoms with Gasteiger partial charge in [-0.25, -0.2) is 15.2 Å². The fourth-order valence-corrected chi connectivity index (χ4v) is 2.97. The van der Waals surface area contributed by atoms with Crippen molar-refractivity contribution in [2.24, 2.45) is 5.10 Å². The number of aliphatic carboxylic acids is 1. The number of benzene rings is 3. The molecule has 0 bridgehead atoms. The molecule has 4 aromatic rings. The molecule has 0 spiro atoms. The number of rotatable bonds is 7. The number of hydrazone groups is 1. The number of carbonyl (C=O) groups is 1. The van der Waals surface area contributed by atoms with Gasteiger partial charge in [0.15, 0.2) is 5.71 Å². The lowest BCUT2D eigenvalue weighted by Gasteiger charge is -2.09. The number of nitrogens with zero attached hydrogens (tertiary/aromatic N) is 4. The van der Waals surface area contributed by atoms with Crippen LogP contribution in [-0.2, 0) is 4.79 Å². The normalized spacial score (nSPS) is 11.4. The first kappa shape index (κ1) is 20.6. The molecule has 156 valence electrons. The third kappa shape index (κ3) is 5.09. The molecular formula is C25H19N5O2. The fraction of sp³-hybridized carbons (Fsp3) is 0. The van der Waals surface area contributed by atoms with Crippen LogP contribution in [0.25, 0.3) is 28.6 Å². The number of carboxylic acids is 1. The number of carboxylic acid groups (broad SMARTS) is 1. The average molecular weight is 421 g/mol. The van der Waals surface area contributed by atoms with Crippen molar-refractivity contribution in [1.29, 1.82) is 0 Å². The molecule has 0 fully saturated rings. The van der Waals surface area contributed by atoms with Gasteiger partial charge in [-0.2, -0.15) is 5.10 Å². The van der Waals surface area contributed by atoms with Crippen LogP contribution in [0.15, 0.2) is 102 Å². The summed E-state index contributed by atoms with van der Waals surface area (Å²) in [5, 5.41) is 21.9. The predicted octanol–water partition coefficient (Wildman–Crippen LogP) is 4.77. The van der Waals surface area contributed by atoms with E-state index in [-0.39, 0.29) is 11.7 Å². The lowest BCUT2D eigenvalue weighted by molar-refractivity contribution is -0.129. The van der Waals surface area contributed by atoms with Crippen molar-refractivity contribution in [3.8, 4) is 22.5 Å². The molecule has 0 amide bonds. The summed E-state index contributed by atoms with van der Waals surface area (Å²) in [6.07, 6.45) is 3.08. The lowest BCUT2D eigenvalue weighted by atomic mass is 10.0. The van der Waals surface area contributed by atoms with Crippen LogP contribution in [0.4, 0.5) is 5.95 Å². The molecular weight excluding hydrogens is 402 g/mol. The Balaban J connectivity index is 1.66. The maximum Gasteiger partial charge on any atom is 0.356 e. The quantitative estimate of drug-likeness (QED) is 0.329. The van der Waals surface area contributed by atoms with Crippen LogP contribution < -0.4 is 5.43 Å². The standard InChI is InChI=1S/C25H19N5O2/c31-24(32)21(17-16-18-10-4-1-5-11-18)27-29-25-26-22(19-12-6-2-7-13-19)23(28-30-25)20-14-8-3-9-15-20/h1-17H,(H,31,32)(H,26,29,30). The highest BCUT2D eigenvalue weighted by Crippen LogP contribution is 2.28. The Labute approximate surface area is 184 Å². The van der Waals surface area contributed by atoms with Gasteiger partial charge in [-0.15, -0.1) is 10.2 Å². The summed E-state index contributed by atoms with van der Waals surface area (Å²) in [6, 6.07) is 28.6. The molecule has 0 saturated carbocycles. The second kappa shape index (κ2) is 9.90. The zero-order valence-corrected chi connectivity index (χ0v) is 17.0. The number of hydrogen-bond acceptors (Lipinski definition) is 6. The zero-order chi connectivity index (χ0) is 22.2. The highest BCUT2D eigenvalue weighted by molar-refractivity contribution is 6.41. The van der Waals surface area contributed by atoms with Crippen molar-refractivity contribution in [2.75, 3.05) is 5.43 Å². The van der Waals surface area contributed by atoms with Crippen molar-refractivity contribution in [3.05, 3.63) is 103 Å². The molecule has 4 rings (SSSR count). The van der Waals surface area contributed by atoms with E-state index in [1.54, 1.807) is 6.08 Å². The Hall–Kier alpha value is -4.65. The Morgan fingerprint density at radius 1 is 0.781 bits per heavy atom. The number of nitrogens with one attached hydrogen (secondary N) is 1. The minimum absolute atomic E-state index is 0.0930. The molecule has 0 radical (unpaired) electrons. The summed E-state index contributed by atoms with van der Waals surface area (Å²) in [4.78, 5) is 16.2. The van der Waals surface area contributed by atoms with Crippen molar-refractivity contribution in [3.63, 3.8) is 0 Å². The maximum atomic E-state index is 11.6. The summed E-state index contributed by atoms with van der Waals surface area (Å²) in [6.45, 7) is 0. The van der Waals surface area contributed by atoms with Crippen LogP contribution in [0, 0.1) is 0 Å². The second-order valence-corrected chi connectivity index (χ2v) is 6.72. The molecule has 32 heavy (non-hydrogen) atoms. The van der Waals surface area contributed by atoms with Crippen LogP contribution in [0.1, 0.15) is 5.56 Å². The van der Waals surface area contributed by atoms with Gasteiger partial charge in [-0.1, -0.05) is 97.1 Å². The summed E-state index contributed by atoms with van der Waals surface area (Å²) in [5.74, 6) is -1.09. The van der Waals surface area contributed by atoms with E-state index in [4.69, 9.17) is 0 Å². The van der Waals surface area contributed by atoms with E-state index in [1.807, 2.05) is 91.0 Å². The number of hydrogen-bond donors (Lipinski definition) is 2. The van der Waals surface area contributed by atoms with E-state index in [9.17, 15) is 9.90 Å². The third-order valence-electron chi connectivity index (χ3n) is 4.51. The minimum atomic E-state index is -1.18. The molecule has 0 aliphatic heterocycles. The van der Waals surface area contributed by atoms with E-state index in [0.717, 1.165) is 16.7 Å². The first-order chi connectivity index (χ1) is 15.7. The van der Waals surface area contributed by atoms with Gasteiger partial charge >= 0.3 is 5.97 Å². The highest BCUT2D eigenvalue weighted by Gasteiger charge is 2.14. The highest BCUT2D eigenvalue weighted by atomic mass is 16.4. The lowest BCUT2D eigenvalue weighted by Crippen LogP contribution is -2.13. The maximum absolute atomic E-state index is 11.6. The van der Waals surface area contributed by atoms with Gasteiger partial charge in [0.05, 0.1) is 0 Å². The molecule has 0 aliphatic rings. The molecule has 7 heteroatoms. The van der Waals surface area contributed by atoms with E-state index in [2.05, 4.69) is 25.7 Å². The molecule has 0 saturated heterocycles. The molecule has 1 heterocycles. The van der Waals surface area contributed by atoms with Crippen LogP contribution in [-0.4, -0.2) is 32.0 Å². The van der Waals surface area contributed by atoms with Gasteiger partial charge in [0.2, 0.25) is 0 Å². The Bertz CT molecular complexity index is 1260. The zero-order valence-electron chi connectivity index (χ0n) is 17.0. The fourth-order valence-electron chi connectivity index (χ4n) is 2.97. The van der Waals surface area contributed by atoms with Crippen LogP contribution in [0.2, 0.25) is 0 Å². The van der Waals surface area contributed by atoms with Gasteiger partial charge in [0.1, 0.15) is 11.4 Å². The van der Waals surface area contributed by atoms with Crippen molar-refractivity contribution >= 4 is 23.7 Å². The first-order valence-electron chi connectivity index (χ1n) is 9.86. The molecule has 0 aliphatic carbocycles. The topological polar surface area (TPSA) is 100 Å². The molecule has 1 aromatic heterocycles. The molecule has 2 N–H and O–H groups in total. The van der Waals surface area contributed by atoms with Gasteiger partial charge in [0.25, 0.3) is 5.95 Å². The predicted molar refractivity (Wildman–Crippen MR) is 125 cm³/mol. The van der Waals surface area contributed by atoms with E-state index in [1.165, 1.54) is 6.08 Å². The van der Waals surface area contributed by atoms with E-state index in [0.29, 0.717) is 11.4 Å². The van der Waals surface area contributed by atoms with Crippen LogP contribution >= 0.6 is 0 Å². The van der Waals surface area contributed by atoms with Gasteiger partial charge in [0, 0.05) is 11.1 Å². The summed E-state index contributed by atoms with van der Waals surface area (Å²) < 4.78 is 0. The van der Waals surface area contributed by atoms with Crippen LogP contribution in [0.3, 0.4) is 0 Å². The van der Waals surface area contributed by atoms with E-state index >= 15 is 0 Å². The van der Waals surface area contributed by atoms with Crippen LogP contribution in [0.5, 0.6) is 0 Å². The summed E-state index contributed by atoms with van der Waals surface area (Å²) in [5.41, 5.74) is 6.25. The number of anilines is 1. The monoisotopic (exact) mass is 421 g/mol. The smallest absolute Gasteiger partial charge is 0.356 e. The second-order valence-electron chi connectivity index (χ2n) is 6.72. The number of aromatic nitrogens is 3. The van der Waals surface area contributed by atoms with Crippen molar-refractivity contribution < 1.29 is 9.90 Å². The molecule has 0 atom stereocenters. The van der Waals surface area contributed by atoms with Gasteiger partial charge < -0.3 is 5.11 Å². The largest absolute Gasteiger partial charge is 0.476 e. The minimum Gasteiger partial charge on any atom is -0.476 e. The first-order valence-corrected chi connectivity index (χ1v) is 9.86. The third-order valence-corrected chi connectivity index (χ3v) is 4.51. The molecule has 0 unspecified atom stereocenters. The average Bonchev–Trinajstić information content (AvgIpc) is 2.85. The SMILES string of the molecule is O=C(O)C(C=Cc1ccccc1)=NNc1nnc(-c2ccccc2)c(-c2ccccc2)n1. The van der Waals surface area contributed by atoms with Crippen molar-refractivity contribution in [2.45, 2.75) is 0 Å². The molecule has 3 aromatic carbocycles.